The number of nitrogens with one attached hydrogen (secondary N) is 1. The molecule has 3 fully saturated rings. The highest BCUT2D eigenvalue weighted by Crippen LogP contribution is 2.40. The summed E-state index contributed by atoms with van der Waals surface area (Å²) in [5.41, 5.74) is 1.30. The Hall–Kier alpha value is -1.86. The van der Waals surface area contributed by atoms with Gasteiger partial charge in [0, 0.05) is 39.3 Å². The first kappa shape index (κ1) is 21.4. The van der Waals surface area contributed by atoms with Gasteiger partial charge in [-0.3, -0.25) is 4.79 Å². The minimum Gasteiger partial charge on any atom is -0.497 e. The number of thiocarbonyl (C=S) groups is 1. The second-order valence-electron chi connectivity index (χ2n) is 8.90. The van der Waals surface area contributed by atoms with E-state index >= 15 is 0 Å². The van der Waals surface area contributed by atoms with E-state index in [1.165, 1.54) is 0 Å². The lowest BCUT2D eigenvalue weighted by molar-refractivity contribution is -0.132. The third kappa shape index (κ3) is 5.06. The number of carbonyl (C=O) groups excluding carboxylic acids is 1. The summed E-state index contributed by atoms with van der Waals surface area (Å²) < 4.78 is 10.9. The van der Waals surface area contributed by atoms with Gasteiger partial charge in [0.05, 0.1) is 19.6 Å². The molecule has 1 unspecified atom stereocenters. The summed E-state index contributed by atoms with van der Waals surface area (Å²) in [7, 11) is 1.65. The van der Waals surface area contributed by atoms with Crippen LogP contribution in [0.15, 0.2) is 24.3 Å². The average Bonchev–Trinajstić information content (AvgIpc) is 3.43. The molecule has 1 aromatic rings. The summed E-state index contributed by atoms with van der Waals surface area (Å²) in [4.78, 5) is 17.1. The second-order valence-corrected chi connectivity index (χ2v) is 9.29. The lowest BCUT2D eigenvalue weighted by atomic mass is 9.77. The fourth-order valence-corrected chi connectivity index (χ4v) is 5.17. The quantitative estimate of drug-likeness (QED) is 0.724. The molecule has 1 amide bonds. The SMILES string of the molecule is COc1cccc(CC(=O)N2CCC3(CC2)CCN(C(=S)NCC2CCCO2)C3)c1. The van der Waals surface area contributed by atoms with Crippen LogP contribution >= 0.6 is 12.2 Å². The molecule has 1 aromatic carbocycles. The van der Waals surface area contributed by atoms with Crippen molar-refractivity contribution in [3.8, 4) is 5.75 Å². The van der Waals surface area contributed by atoms with Gasteiger partial charge in [-0.25, -0.2) is 0 Å². The highest BCUT2D eigenvalue weighted by atomic mass is 32.1. The standard InChI is InChI=1S/C23H33N3O3S/c1-28-19-5-2-4-18(14-19)15-21(27)25-10-7-23(8-11-25)9-12-26(17-23)22(30)24-16-20-6-3-13-29-20/h2,4-5,14,20H,3,6-13,15-17H2,1H3,(H,24,30). The van der Waals surface area contributed by atoms with E-state index in [1.54, 1.807) is 7.11 Å². The van der Waals surface area contributed by atoms with Crippen LogP contribution in [0.3, 0.4) is 0 Å². The molecule has 4 rings (SSSR count). The molecule has 0 aliphatic carbocycles. The Labute approximate surface area is 184 Å². The predicted molar refractivity (Wildman–Crippen MR) is 121 cm³/mol. The zero-order valence-corrected chi connectivity index (χ0v) is 18.7. The van der Waals surface area contributed by atoms with Gasteiger partial charge >= 0.3 is 0 Å². The number of hydrogen-bond donors (Lipinski definition) is 1. The van der Waals surface area contributed by atoms with Crippen molar-refractivity contribution < 1.29 is 14.3 Å². The van der Waals surface area contributed by atoms with Crippen molar-refractivity contribution in [3.05, 3.63) is 29.8 Å². The van der Waals surface area contributed by atoms with E-state index in [0.717, 1.165) is 87.9 Å². The van der Waals surface area contributed by atoms with Crippen LogP contribution in [-0.2, 0) is 16.0 Å². The van der Waals surface area contributed by atoms with Crippen LogP contribution in [0, 0.1) is 5.41 Å². The van der Waals surface area contributed by atoms with Crippen LogP contribution in [0.4, 0.5) is 0 Å². The van der Waals surface area contributed by atoms with Gasteiger partial charge in [0.25, 0.3) is 0 Å². The van der Waals surface area contributed by atoms with Crippen molar-refractivity contribution in [2.75, 3.05) is 46.4 Å². The van der Waals surface area contributed by atoms with Crippen LogP contribution in [0.25, 0.3) is 0 Å². The van der Waals surface area contributed by atoms with Crippen LogP contribution in [0.1, 0.15) is 37.7 Å². The molecule has 3 saturated heterocycles. The number of likely N-dealkylation sites (tertiary alicyclic amines) is 2. The monoisotopic (exact) mass is 431 g/mol. The highest BCUT2D eigenvalue weighted by molar-refractivity contribution is 7.80. The van der Waals surface area contributed by atoms with Crippen LogP contribution < -0.4 is 10.1 Å². The number of piperidine rings is 1. The molecule has 3 aliphatic rings. The number of rotatable bonds is 5. The number of ether oxygens (including phenoxy) is 2. The molecule has 6 nitrogen and oxygen atoms in total. The van der Waals surface area contributed by atoms with Gasteiger partial charge in [0.1, 0.15) is 5.75 Å². The summed E-state index contributed by atoms with van der Waals surface area (Å²) >= 11 is 5.64. The van der Waals surface area contributed by atoms with E-state index in [-0.39, 0.29) is 5.91 Å². The molecule has 1 N–H and O–H groups in total. The molecule has 1 spiro atoms. The van der Waals surface area contributed by atoms with E-state index in [2.05, 4.69) is 10.2 Å². The molecule has 3 heterocycles. The van der Waals surface area contributed by atoms with Crippen molar-refractivity contribution in [1.82, 2.24) is 15.1 Å². The molecule has 164 valence electrons. The van der Waals surface area contributed by atoms with Crippen LogP contribution in [-0.4, -0.2) is 73.4 Å². The van der Waals surface area contributed by atoms with Gasteiger partial charge in [-0.1, -0.05) is 12.1 Å². The molecule has 30 heavy (non-hydrogen) atoms. The Morgan fingerprint density at radius 1 is 1.27 bits per heavy atom. The van der Waals surface area contributed by atoms with E-state index < -0.39 is 0 Å². The molecular formula is C23H33N3O3S. The van der Waals surface area contributed by atoms with Gasteiger partial charge < -0.3 is 24.6 Å². The molecule has 1 atom stereocenters. The number of nitrogens with zero attached hydrogens (tertiary/aromatic N) is 2. The molecular weight excluding hydrogens is 398 g/mol. The van der Waals surface area contributed by atoms with Crippen molar-refractivity contribution >= 4 is 23.2 Å². The Morgan fingerprint density at radius 2 is 2.03 bits per heavy atom. The molecule has 7 heteroatoms. The first-order valence-corrected chi connectivity index (χ1v) is 11.5. The summed E-state index contributed by atoms with van der Waals surface area (Å²) in [5.74, 6) is 1.01. The maximum Gasteiger partial charge on any atom is 0.226 e. The van der Waals surface area contributed by atoms with Gasteiger partial charge in [0.15, 0.2) is 5.11 Å². The Morgan fingerprint density at radius 3 is 2.73 bits per heavy atom. The maximum atomic E-state index is 12.8. The molecule has 0 bridgehead atoms. The molecule has 0 saturated carbocycles. The van der Waals surface area contributed by atoms with Crippen molar-refractivity contribution in [3.63, 3.8) is 0 Å². The third-order valence-electron chi connectivity index (χ3n) is 6.90. The van der Waals surface area contributed by atoms with Crippen molar-refractivity contribution in [2.24, 2.45) is 5.41 Å². The lowest BCUT2D eigenvalue weighted by Crippen LogP contribution is -2.46. The van der Waals surface area contributed by atoms with E-state index in [0.29, 0.717) is 17.9 Å². The van der Waals surface area contributed by atoms with Gasteiger partial charge in [-0.2, -0.15) is 0 Å². The first-order valence-electron chi connectivity index (χ1n) is 11.1. The minimum absolute atomic E-state index is 0.210. The predicted octanol–water partition coefficient (Wildman–Crippen LogP) is 2.61. The minimum atomic E-state index is 0.210. The Bertz CT molecular complexity index is 758. The Kier molecular flexibility index (Phi) is 6.78. The molecule has 0 aromatic heterocycles. The van der Waals surface area contributed by atoms with Crippen molar-refractivity contribution in [2.45, 2.75) is 44.6 Å². The van der Waals surface area contributed by atoms with Gasteiger partial charge in [-0.15, -0.1) is 0 Å². The van der Waals surface area contributed by atoms with Crippen LogP contribution in [0.5, 0.6) is 5.75 Å². The third-order valence-corrected chi connectivity index (χ3v) is 7.30. The number of hydrogen-bond acceptors (Lipinski definition) is 4. The number of benzene rings is 1. The van der Waals surface area contributed by atoms with Gasteiger partial charge in [0.2, 0.25) is 5.91 Å². The summed E-state index contributed by atoms with van der Waals surface area (Å²) in [6.07, 6.45) is 6.29. The summed E-state index contributed by atoms with van der Waals surface area (Å²) in [5, 5.41) is 4.27. The average molecular weight is 432 g/mol. The number of methoxy groups -OCH3 is 1. The van der Waals surface area contributed by atoms with Crippen molar-refractivity contribution in [1.29, 1.82) is 0 Å². The maximum absolute atomic E-state index is 12.8. The number of amides is 1. The lowest BCUT2D eigenvalue weighted by Gasteiger charge is -2.39. The van der Waals surface area contributed by atoms with E-state index in [9.17, 15) is 4.79 Å². The Balaban J connectivity index is 1.23. The zero-order chi connectivity index (χ0) is 21.0. The summed E-state index contributed by atoms with van der Waals surface area (Å²) in [6, 6.07) is 7.79. The largest absolute Gasteiger partial charge is 0.497 e. The smallest absolute Gasteiger partial charge is 0.226 e. The fourth-order valence-electron chi connectivity index (χ4n) is 4.93. The normalized spacial score (nSPS) is 23.0. The topological polar surface area (TPSA) is 54.0 Å². The summed E-state index contributed by atoms with van der Waals surface area (Å²) in [6.45, 7) is 5.38. The first-order chi connectivity index (χ1) is 14.6. The second kappa shape index (κ2) is 9.52. The highest BCUT2D eigenvalue weighted by Gasteiger charge is 2.42. The zero-order valence-electron chi connectivity index (χ0n) is 17.9. The van der Waals surface area contributed by atoms with E-state index in [4.69, 9.17) is 21.7 Å². The molecule has 3 aliphatic heterocycles. The fraction of sp³-hybridized carbons (Fsp3) is 0.652. The van der Waals surface area contributed by atoms with Crippen LogP contribution in [0.2, 0.25) is 0 Å². The molecule has 0 radical (unpaired) electrons. The number of carbonyl (C=O) groups is 1. The van der Waals surface area contributed by atoms with E-state index in [1.807, 2.05) is 29.2 Å². The van der Waals surface area contributed by atoms with Gasteiger partial charge in [-0.05, 0) is 67.4 Å².